The van der Waals surface area contributed by atoms with Crippen molar-refractivity contribution in [2.24, 2.45) is 0 Å². The third-order valence-corrected chi connectivity index (χ3v) is 3.78. The van der Waals surface area contributed by atoms with Crippen LogP contribution in [0.25, 0.3) is 4.48 Å². The van der Waals surface area contributed by atoms with Gasteiger partial charge in [-0.1, -0.05) is 52.3 Å². The van der Waals surface area contributed by atoms with Crippen molar-refractivity contribution in [2.45, 2.75) is 6.42 Å². The van der Waals surface area contributed by atoms with E-state index in [9.17, 15) is 0 Å². The molecule has 0 saturated heterocycles. The number of hydrogen-bond acceptors (Lipinski definition) is 0. The highest BCUT2D eigenvalue weighted by molar-refractivity contribution is 9.16. The van der Waals surface area contributed by atoms with Gasteiger partial charge < -0.3 is 0 Å². The van der Waals surface area contributed by atoms with Gasteiger partial charge in [0.1, 0.15) is 0 Å². The van der Waals surface area contributed by atoms with Crippen LogP contribution in [0.3, 0.4) is 0 Å². The van der Waals surface area contributed by atoms with Crippen molar-refractivity contribution in [1.82, 2.24) is 0 Å². The summed E-state index contributed by atoms with van der Waals surface area (Å²) in [6.07, 6.45) is 2.71. The topological polar surface area (TPSA) is 0 Å². The van der Waals surface area contributed by atoms with E-state index in [1.807, 2.05) is 24.3 Å². The lowest BCUT2D eigenvalue weighted by atomic mass is 10.2. The van der Waals surface area contributed by atoms with E-state index in [1.165, 1.54) is 5.56 Å². The first-order chi connectivity index (χ1) is 6.25. The summed E-state index contributed by atoms with van der Waals surface area (Å²) in [5.74, 6) is 0. The fraction of sp³-hybridized carbons (Fsp3) is 0.0909. The Labute approximate surface area is 95.6 Å². The third kappa shape index (κ3) is 3.12. The zero-order valence-electron chi connectivity index (χ0n) is 7.13. The van der Waals surface area contributed by atoms with Gasteiger partial charge in [0.05, 0.1) is 0 Å². The minimum absolute atomic E-state index is 0.843. The maximum atomic E-state index is 3.69. The van der Waals surface area contributed by atoms with Crippen LogP contribution in [-0.4, -0.2) is 0 Å². The molecule has 0 aromatic heterocycles. The summed E-state index contributed by atoms with van der Waals surface area (Å²) in [6.45, 7) is 3.69. The van der Waals surface area contributed by atoms with Gasteiger partial charge in [-0.25, -0.2) is 0 Å². The van der Waals surface area contributed by atoms with Gasteiger partial charge in [0.2, 0.25) is 0 Å². The van der Waals surface area contributed by atoms with Gasteiger partial charge >= 0.3 is 0 Å². The lowest BCUT2D eigenvalue weighted by Gasteiger charge is -2.01. The molecule has 1 aromatic carbocycles. The molecule has 0 N–H and O–H groups in total. The first-order valence-corrected chi connectivity index (χ1v) is 5.54. The van der Waals surface area contributed by atoms with E-state index in [1.54, 1.807) is 0 Å². The molecule has 0 aliphatic heterocycles. The van der Waals surface area contributed by atoms with Crippen LogP contribution < -0.4 is 0 Å². The molecule has 0 aliphatic rings. The van der Waals surface area contributed by atoms with Gasteiger partial charge in [0.25, 0.3) is 0 Å². The van der Waals surface area contributed by atoms with Crippen LogP contribution in [0.5, 0.6) is 0 Å². The summed E-state index contributed by atoms with van der Waals surface area (Å²) in [6, 6.07) is 10.2. The number of benzene rings is 1. The summed E-state index contributed by atoms with van der Waals surface area (Å²) < 4.78 is 2.21. The fourth-order valence-corrected chi connectivity index (χ4v) is 1.84. The zero-order chi connectivity index (χ0) is 9.68. The molecular formula is C11H10Br2. The molecular weight excluding hydrogens is 292 g/mol. The molecule has 68 valence electrons. The molecule has 0 spiro atoms. The molecule has 13 heavy (non-hydrogen) atoms. The summed E-state index contributed by atoms with van der Waals surface area (Å²) in [5.41, 5.74) is 1.18. The van der Waals surface area contributed by atoms with E-state index in [2.05, 4.69) is 50.6 Å². The van der Waals surface area contributed by atoms with Crippen LogP contribution in [0, 0.1) is 0 Å². The van der Waals surface area contributed by atoms with E-state index in [4.69, 9.17) is 0 Å². The highest BCUT2D eigenvalue weighted by atomic mass is 79.9. The Morgan fingerprint density at radius 1 is 1.23 bits per heavy atom. The number of halogens is 2. The van der Waals surface area contributed by atoms with Crippen molar-refractivity contribution < 1.29 is 0 Å². The molecule has 0 radical (unpaired) electrons. The van der Waals surface area contributed by atoms with Crippen molar-refractivity contribution in [1.29, 1.82) is 0 Å². The Morgan fingerprint density at radius 2 is 1.85 bits per heavy atom. The van der Waals surface area contributed by atoms with Crippen molar-refractivity contribution >= 4 is 36.3 Å². The smallest absolute Gasteiger partial charge is 0.0352 e. The van der Waals surface area contributed by atoms with Crippen molar-refractivity contribution in [3.8, 4) is 0 Å². The lowest BCUT2D eigenvalue weighted by Crippen LogP contribution is -1.78. The second kappa shape index (κ2) is 5.40. The number of rotatable bonds is 3. The quantitative estimate of drug-likeness (QED) is 0.709. The molecule has 2 heteroatoms. The van der Waals surface area contributed by atoms with E-state index in [-0.39, 0.29) is 0 Å². The molecule has 1 aromatic rings. The maximum absolute atomic E-state index is 3.69. The summed E-state index contributed by atoms with van der Waals surface area (Å²) in [7, 11) is 0. The van der Waals surface area contributed by atoms with Gasteiger partial charge in [-0.2, -0.15) is 0 Å². The minimum Gasteiger partial charge on any atom is -0.103 e. The lowest BCUT2D eigenvalue weighted by molar-refractivity contribution is 1.39. The third-order valence-electron chi connectivity index (χ3n) is 1.59. The number of allylic oxidation sites excluding steroid dienone is 2. The molecule has 0 atom stereocenters. The molecule has 0 aliphatic carbocycles. The van der Waals surface area contributed by atoms with Gasteiger partial charge in [0.15, 0.2) is 0 Å². The predicted molar refractivity (Wildman–Crippen MR) is 66.0 cm³/mol. The Morgan fingerprint density at radius 3 is 2.38 bits per heavy atom. The number of hydrogen-bond donors (Lipinski definition) is 0. The van der Waals surface area contributed by atoms with Gasteiger partial charge in [-0.3, -0.25) is 0 Å². The highest BCUT2D eigenvalue weighted by Crippen LogP contribution is 2.30. The van der Waals surface area contributed by atoms with Crippen LogP contribution in [0.2, 0.25) is 0 Å². The van der Waals surface area contributed by atoms with Crippen LogP contribution in [0.4, 0.5) is 0 Å². The SMILES string of the molecule is C=CC/C(Br)=C(\Br)c1ccccc1. The van der Waals surface area contributed by atoms with Crippen LogP contribution in [0.15, 0.2) is 47.5 Å². The van der Waals surface area contributed by atoms with Gasteiger partial charge in [-0.15, -0.1) is 6.58 Å². The second-order valence-corrected chi connectivity index (χ2v) is 4.33. The molecule has 0 saturated carbocycles. The molecule has 0 fully saturated rings. The summed E-state index contributed by atoms with van der Waals surface area (Å²) >= 11 is 7.04. The predicted octanol–water partition coefficient (Wildman–Crippen LogP) is 4.72. The maximum Gasteiger partial charge on any atom is 0.0352 e. The minimum atomic E-state index is 0.843. The van der Waals surface area contributed by atoms with Crippen LogP contribution in [0.1, 0.15) is 12.0 Å². The first kappa shape index (κ1) is 10.7. The van der Waals surface area contributed by atoms with Crippen molar-refractivity contribution in [2.75, 3.05) is 0 Å². The Kier molecular flexibility index (Phi) is 4.46. The Balaban J connectivity index is 2.95. The van der Waals surface area contributed by atoms with Crippen LogP contribution in [-0.2, 0) is 0 Å². The van der Waals surface area contributed by atoms with E-state index in [0.717, 1.165) is 15.4 Å². The first-order valence-electron chi connectivity index (χ1n) is 3.96. The van der Waals surface area contributed by atoms with Gasteiger partial charge in [-0.05, 0) is 27.9 Å². The molecule has 0 heterocycles. The molecule has 0 nitrogen and oxygen atoms in total. The van der Waals surface area contributed by atoms with Crippen molar-refractivity contribution in [3.05, 3.63) is 53.0 Å². The molecule has 0 amide bonds. The average Bonchev–Trinajstić information content (AvgIpc) is 2.18. The fourth-order valence-electron chi connectivity index (χ4n) is 0.957. The molecule has 0 bridgehead atoms. The van der Waals surface area contributed by atoms with E-state index in [0.29, 0.717) is 0 Å². The van der Waals surface area contributed by atoms with Crippen molar-refractivity contribution in [3.63, 3.8) is 0 Å². The monoisotopic (exact) mass is 300 g/mol. The molecule has 1 rings (SSSR count). The molecule has 0 unspecified atom stereocenters. The Hall–Kier alpha value is -0.340. The van der Waals surface area contributed by atoms with Gasteiger partial charge in [0, 0.05) is 8.96 Å². The largest absolute Gasteiger partial charge is 0.103 e. The summed E-state index contributed by atoms with van der Waals surface area (Å²) in [4.78, 5) is 0. The summed E-state index contributed by atoms with van der Waals surface area (Å²) in [5, 5.41) is 0. The zero-order valence-corrected chi connectivity index (χ0v) is 10.3. The van der Waals surface area contributed by atoms with E-state index >= 15 is 0 Å². The second-order valence-electron chi connectivity index (χ2n) is 2.58. The Bertz CT molecular complexity index is 312. The highest BCUT2D eigenvalue weighted by Gasteiger charge is 2.00. The normalized spacial score (nSPS) is 12.2. The standard InChI is InChI=1S/C11H10Br2/c1-2-6-10(12)11(13)9-7-4-3-5-8-9/h2-5,7-8H,1,6H2/b11-10+. The van der Waals surface area contributed by atoms with E-state index < -0.39 is 0 Å². The van der Waals surface area contributed by atoms with Crippen LogP contribution >= 0.6 is 31.9 Å². The average molecular weight is 302 g/mol.